The fraction of sp³-hybridized carbons (Fsp3) is 0.364. The Bertz CT molecular complexity index is 690. The van der Waals surface area contributed by atoms with E-state index in [1.165, 1.54) is 0 Å². The van der Waals surface area contributed by atoms with E-state index < -0.39 is 47.5 Å². The van der Waals surface area contributed by atoms with E-state index in [9.17, 15) is 29.7 Å². The van der Waals surface area contributed by atoms with Gasteiger partial charge >= 0.3 is 11.7 Å². The number of aromatic amines is 1. The van der Waals surface area contributed by atoms with Crippen LogP contribution >= 0.6 is 0 Å². The van der Waals surface area contributed by atoms with Gasteiger partial charge in [0, 0.05) is 12.3 Å². The maximum absolute atomic E-state index is 11.6. The average molecular weight is 300 g/mol. The van der Waals surface area contributed by atoms with Crippen LogP contribution in [0.3, 0.4) is 0 Å². The first-order chi connectivity index (χ1) is 9.81. The van der Waals surface area contributed by atoms with Crippen molar-refractivity contribution in [1.82, 2.24) is 9.55 Å². The quantitative estimate of drug-likeness (QED) is 0.307. The molecule has 10 heteroatoms. The average Bonchev–Trinajstić information content (AvgIpc) is 2.66. The molecule has 2 rings (SSSR count). The Kier molecular flexibility index (Phi) is 3.93. The number of carbonyl (C=O) groups is 1. The number of H-pyrrole nitrogens is 1. The number of rotatable bonds is 3. The molecule has 0 amide bonds. The minimum absolute atomic E-state index is 0.401. The summed E-state index contributed by atoms with van der Waals surface area (Å²) < 4.78 is 5.92. The van der Waals surface area contributed by atoms with Crippen molar-refractivity contribution < 1.29 is 30.0 Å². The molecule has 0 aromatic carbocycles. The molecular formula is C11H12N2O8. The molecule has 0 saturated carbocycles. The van der Waals surface area contributed by atoms with Gasteiger partial charge in [-0.2, -0.15) is 0 Å². The Balaban J connectivity index is 2.34. The van der Waals surface area contributed by atoms with Crippen LogP contribution in [0.2, 0.25) is 0 Å². The molecule has 0 bridgehead atoms. The van der Waals surface area contributed by atoms with E-state index in [1.54, 1.807) is 0 Å². The molecule has 0 aliphatic carbocycles. The van der Waals surface area contributed by atoms with Gasteiger partial charge in [-0.3, -0.25) is 14.3 Å². The van der Waals surface area contributed by atoms with Crippen LogP contribution in [0.15, 0.2) is 33.7 Å². The van der Waals surface area contributed by atoms with Crippen molar-refractivity contribution in [3.63, 3.8) is 0 Å². The van der Waals surface area contributed by atoms with Gasteiger partial charge in [-0.05, 0) is 0 Å². The molecule has 21 heavy (non-hydrogen) atoms. The standard InChI is InChI=1S/C11H12N2O8/c14-4(3-6(16)17)9-7(18)8(19)10(21-9)13-2-1-5(15)12-11(13)20/h1-3,7-10,14,18-19H,(H,16,17)(H,12,15,20)/t7-,8+,9+,10+/m0/s1. The summed E-state index contributed by atoms with van der Waals surface area (Å²) in [6.45, 7) is 0. The Morgan fingerprint density at radius 2 is 1.95 bits per heavy atom. The predicted molar refractivity (Wildman–Crippen MR) is 65.6 cm³/mol. The highest BCUT2D eigenvalue weighted by Crippen LogP contribution is 2.31. The van der Waals surface area contributed by atoms with Gasteiger partial charge in [-0.15, -0.1) is 0 Å². The van der Waals surface area contributed by atoms with Crippen LogP contribution in [0.4, 0.5) is 0 Å². The number of hydrogen-bond donors (Lipinski definition) is 5. The Hall–Kier alpha value is -2.43. The third kappa shape index (κ3) is 2.86. The number of nitrogens with zero attached hydrogens (tertiary/aromatic N) is 1. The molecule has 2 heterocycles. The lowest BCUT2D eigenvalue weighted by Crippen LogP contribution is -2.37. The molecule has 5 N–H and O–H groups in total. The van der Waals surface area contributed by atoms with Gasteiger partial charge in [0.15, 0.2) is 6.23 Å². The van der Waals surface area contributed by atoms with E-state index >= 15 is 0 Å². The Morgan fingerprint density at radius 1 is 1.29 bits per heavy atom. The second-order valence-electron chi connectivity index (χ2n) is 4.35. The van der Waals surface area contributed by atoms with Crippen LogP contribution in [-0.4, -0.2) is 54.3 Å². The topological polar surface area (TPSA) is 162 Å². The predicted octanol–water partition coefficient (Wildman–Crippen LogP) is -2.32. The van der Waals surface area contributed by atoms with Gasteiger partial charge in [0.05, 0.1) is 6.08 Å². The van der Waals surface area contributed by atoms with Crippen LogP contribution in [0.1, 0.15) is 6.23 Å². The zero-order chi connectivity index (χ0) is 15.7. The van der Waals surface area contributed by atoms with Crippen LogP contribution in [0.25, 0.3) is 0 Å². The second kappa shape index (κ2) is 5.52. The van der Waals surface area contributed by atoms with E-state index in [-0.39, 0.29) is 0 Å². The van der Waals surface area contributed by atoms with E-state index in [2.05, 4.69) is 0 Å². The maximum Gasteiger partial charge on any atom is 0.331 e. The summed E-state index contributed by atoms with van der Waals surface area (Å²) in [5.74, 6) is -2.28. The maximum atomic E-state index is 11.6. The fourth-order valence-corrected chi connectivity index (χ4v) is 1.97. The van der Waals surface area contributed by atoms with Gasteiger partial charge in [0.1, 0.15) is 24.1 Å². The molecule has 1 aliphatic rings. The van der Waals surface area contributed by atoms with Gasteiger partial charge in [0.2, 0.25) is 0 Å². The Morgan fingerprint density at radius 3 is 2.52 bits per heavy atom. The summed E-state index contributed by atoms with van der Waals surface area (Å²) in [7, 11) is 0. The van der Waals surface area contributed by atoms with Gasteiger partial charge in [0.25, 0.3) is 5.56 Å². The molecule has 10 nitrogen and oxygen atoms in total. The molecule has 1 fully saturated rings. The van der Waals surface area contributed by atoms with Gasteiger partial charge in [-0.25, -0.2) is 9.59 Å². The summed E-state index contributed by atoms with van der Waals surface area (Å²) in [6.07, 6.45) is -4.72. The molecule has 0 spiro atoms. The summed E-state index contributed by atoms with van der Waals surface area (Å²) >= 11 is 0. The molecule has 1 aromatic heterocycles. The van der Waals surface area contributed by atoms with Crippen molar-refractivity contribution in [3.8, 4) is 0 Å². The molecule has 1 saturated heterocycles. The first-order valence-corrected chi connectivity index (χ1v) is 5.78. The number of ether oxygens (including phenoxy) is 1. The third-order valence-corrected chi connectivity index (χ3v) is 2.93. The van der Waals surface area contributed by atoms with Crippen molar-refractivity contribution in [2.24, 2.45) is 0 Å². The monoisotopic (exact) mass is 300 g/mol. The van der Waals surface area contributed by atoms with Crippen LogP contribution in [0.5, 0.6) is 0 Å². The molecule has 1 aromatic rings. The minimum atomic E-state index is -1.65. The largest absolute Gasteiger partial charge is 0.509 e. The van der Waals surface area contributed by atoms with Crippen LogP contribution < -0.4 is 11.2 Å². The Labute approximate surface area is 116 Å². The van der Waals surface area contributed by atoms with E-state index in [4.69, 9.17) is 9.84 Å². The summed E-state index contributed by atoms with van der Waals surface area (Å²) in [6, 6.07) is 1.00. The number of hydrogen-bond acceptors (Lipinski definition) is 7. The molecule has 0 radical (unpaired) electrons. The molecule has 1 aliphatic heterocycles. The van der Waals surface area contributed by atoms with Crippen molar-refractivity contribution in [2.75, 3.05) is 0 Å². The first-order valence-electron chi connectivity index (χ1n) is 5.78. The van der Waals surface area contributed by atoms with Crippen molar-refractivity contribution in [3.05, 3.63) is 44.9 Å². The second-order valence-corrected chi connectivity index (χ2v) is 4.35. The van der Waals surface area contributed by atoms with Gasteiger partial charge in [-0.1, -0.05) is 0 Å². The summed E-state index contributed by atoms with van der Waals surface area (Å²) in [5, 5.41) is 37.7. The highest BCUT2D eigenvalue weighted by Gasteiger charge is 2.46. The first kappa shape index (κ1) is 15.0. The molecular weight excluding hydrogens is 288 g/mol. The number of carboxylic acid groups (broad SMARTS) is 1. The molecule has 4 atom stereocenters. The molecule has 0 unspecified atom stereocenters. The number of nitrogens with one attached hydrogen (secondary N) is 1. The summed E-state index contributed by atoms with van der Waals surface area (Å²) in [4.78, 5) is 35.0. The number of aliphatic hydroxyl groups excluding tert-OH is 3. The van der Waals surface area contributed by atoms with Crippen molar-refractivity contribution in [1.29, 1.82) is 0 Å². The van der Waals surface area contributed by atoms with Crippen molar-refractivity contribution >= 4 is 5.97 Å². The zero-order valence-corrected chi connectivity index (χ0v) is 10.4. The lowest BCUT2D eigenvalue weighted by Gasteiger charge is -2.16. The molecule has 114 valence electrons. The van der Waals surface area contributed by atoms with Crippen molar-refractivity contribution in [2.45, 2.75) is 24.5 Å². The summed E-state index contributed by atoms with van der Waals surface area (Å²) in [5.41, 5.74) is -1.55. The lowest BCUT2D eigenvalue weighted by molar-refractivity contribution is -0.131. The smallest absolute Gasteiger partial charge is 0.331 e. The van der Waals surface area contributed by atoms with Crippen LogP contribution in [-0.2, 0) is 9.53 Å². The van der Waals surface area contributed by atoms with Crippen LogP contribution in [0, 0.1) is 0 Å². The lowest BCUT2D eigenvalue weighted by atomic mass is 10.1. The SMILES string of the molecule is O=C(O)C=C(O)[C@H]1O[C@@H](n2ccc(=O)[nH]c2=O)[C@H](O)[C@@H]1O. The van der Waals surface area contributed by atoms with Gasteiger partial charge < -0.3 is 25.2 Å². The number of aliphatic carboxylic acids is 1. The minimum Gasteiger partial charge on any atom is -0.509 e. The number of aromatic nitrogens is 2. The third-order valence-electron chi connectivity index (χ3n) is 2.93. The highest BCUT2D eigenvalue weighted by atomic mass is 16.6. The highest BCUT2D eigenvalue weighted by molar-refractivity contribution is 5.80. The van der Waals surface area contributed by atoms with E-state index in [0.717, 1.165) is 16.8 Å². The van der Waals surface area contributed by atoms with E-state index in [1.807, 2.05) is 4.98 Å². The zero-order valence-electron chi connectivity index (χ0n) is 10.4. The number of carboxylic acids is 1. The normalized spacial score (nSPS) is 29.5. The van der Waals surface area contributed by atoms with E-state index in [0.29, 0.717) is 6.08 Å². The number of aliphatic hydroxyl groups is 3. The fourth-order valence-electron chi connectivity index (χ4n) is 1.97.